The van der Waals surface area contributed by atoms with E-state index in [1.165, 1.54) is 51.4 Å². The molecule has 0 saturated carbocycles. The van der Waals surface area contributed by atoms with Gasteiger partial charge in [0.1, 0.15) is 0 Å². The molecule has 3 nitrogen and oxygen atoms in total. The van der Waals surface area contributed by atoms with Crippen LogP contribution in [0.15, 0.2) is 0 Å². The van der Waals surface area contributed by atoms with Gasteiger partial charge in [-0.15, -0.1) is 0 Å². The first kappa shape index (κ1) is 20.8. The third-order valence-corrected chi connectivity index (χ3v) is 11.2. The number of rotatable bonds is 15. The molecule has 0 amide bonds. The Morgan fingerprint density at radius 1 is 0.550 bits per heavy atom. The Morgan fingerprint density at radius 3 is 1.35 bits per heavy atom. The van der Waals surface area contributed by atoms with Crippen molar-refractivity contribution in [2.24, 2.45) is 0 Å². The molecule has 0 aliphatic rings. The van der Waals surface area contributed by atoms with E-state index >= 15 is 0 Å². The maximum absolute atomic E-state index is 5.94. The minimum absolute atomic E-state index is 0.715. The fraction of sp³-hybridized carbons (Fsp3) is 1.00. The van der Waals surface area contributed by atoms with Crippen LogP contribution in [0.25, 0.3) is 0 Å². The summed E-state index contributed by atoms with van der Waals surface area (Å²) in [6, 6.07) is 0. The molecule has 0 heterocycles. The first-order valence-electron chi connectivity index (χ1n) is 8.66. The van der Waals surface area contributed by atoms with E-state index in [2.05, 4.69) is 6.92 Å². The Bertz CT molecular complexity index is 183. The molecule has 0 rings (SSSR count). The van der Waals surface area contributed by atoms with Crippen molar-refractivity contribution in [2.75, 3.05) is 19.8 Å². The van der Waals surface area contributed by atoms with Crippen LogP contribution in [-0.2, 0) is 30.0 Å². The van der Waals surface area contributed by atoms with Crippen molar-refractivity contribution in [3.05, 3.63) is 0 Å². The van der Waals surface area contributed by atoms with Crippen molar-refractivity contribution in [1.29, 1.82) is 0 Å². The van der Waals surface area contributed by atoms with Crippen LogP contribution in [0.5, 0.6) is 0 Å². The van der Waals surface area contributed by atoms with Gasteiger partial charge in [-0.25, -0.2) is 0 Å². The van der Waals surface area contributed by atoms with Crippen LogP contribution in [0, 0.1) is 0 Å². The molecule has 122 valence electrons. The van der Waals surface area contributed by atoms with Gasteiger partial charge in [0.2, 0.25) is 0 Å². The van der Waals surface area contributed by atoms with Crippen LogP contribution < -0.4 is 0 Å². The number of unbranched alkanes of at least 4 members (excludes halogenated alkanes) is 7. The van der Waals surface area contributed by atoms with Crippen LogP contribution in [0.3, 0.4) is 0 Å². The third kappa shape index (κ3) is 10.5. The molecule has 0 fully saturated rings. The average molecular weight is 368 g/mol. The second-order valence-electron chi connectivity index (χ2n) is 5.21. The normalized spacial score (nSPS) is 12.0. The summed E-state index contributed by atoms with van der Waals surface area (Å²) in [6.07, 6.45) is 10.7. The molecule has 0 saturated heterocycles. The Labute approximate surface area is 133 Å². The molecule has 0 aromatic rings. The first-order chi connectivity index (χ1) is 9.74. The Hall–Kier alpha value is 0.763. The second kappa shape index (κ2) is 14.7. The van der Waals surface area contributed by atoms with E-state index in [1.54, 1.807) is 0 Å². The quantitative estimate of drug-likeness (QED) is 0.355. The van der Waals surface area contributed by atoms with E-state index in [9.17, 15) is 0 Å². The fourth-order valence-corrected chi connectivity index (χ4v) is 9.08. The van der Waals surface area contributed by atoms with E-state index in [1.807, 2.05) is 20.8 Å². The molecule has 0 aromatic carbocycles. The van der Waals surface area contributed by atoms with Gasteiger partial charge in [-0.2, -0.15) is 0 Å². The van der Waals surface area contributed by atoms with Gasteiger partial charge in [-0.3, -0.25) is 0 Å². The van der Waals surface area contributed by atoms with Crippen molar-refractivity contribution in [1.82, 2.24) is 0 Å². The minimum atomic E-state index is -3.18. The monoisotopic (exact) mass is 366 g/mol. The molecular formula is C16H36O3Zr. The van der Waals surface area contributed by atoms with Gasteiger partial charge in [0.25, 0.3) is 0 Å². The van der Waals surface area contributed by atoms with Crippen molar-refractivity contribution in [2.45, 2.75) is 83.2 Å². The predicted octanol–water partition coefficient (Wildman–Crippen LogP) is 5.55. The van der Waals surface area contributed by atoms with Gasteiger partial charge in [0, 0.05) is 0 Å². The van der Waals surface area contributed by atoms with Gasteiger partial charge in [-0.05, 0) is 0 Å². The fourth-order valence-electron chi connectivity index (χ4n) is 2.48. The SMILES string of the molecule is CCCCCCCCC[CH2][Zr]([O]CC)([O]CC)[O]CC. The average Bonchev–Trinajstić information content (AvgIpc) is 2.43. The number of hydrogen-bond donors (Lipinski definition) is 0. The zero-order valence-electron chi connectivity index (χ0n) is 14.2. The Balaban J connectivity index is 3.82. The van der Waals surface area contributed by atoms with E-state index in [0.29, 0.717) is 19.8 Å². The molecule has 0 aromatic heterocycles. The third-order valence-electron chi connectivity index (χ3n) is 3.43. The standard InChI is InChI=1S/C10H21.3C2H5O.Zr/c1-3-5-7-9-10-8-6-4-2;3*1-2-3;/h1,3-10H2,2H3;3*2H2,1H3;/q;3*-1;+3. The first-order valence-corrected chi connectivity index (χ1v) is 13.4. The summed E-state index contributed by atoms with van der Waals surface area (Å²) in [6.45, 7) is 10.5. The van der Waals surface area contributed by atoms with Gasteiger partial charge in [-0.1, -0.05) is 0 Å². The van der Waals surface area contributed by atoms with Crippen molar-refractivity contribution in [3.8, 4) is 0 Å². The van der Waals surface area contributed by atoms with E-state index < -0.39 is 21.6 Å². The summed E-state index contributed by atoms with van der Waals surface area (Å²) in [7, 11) is 0. The van der Waals surface area contributed by atoms with Gasteiger partial charge >= 0.3 is 133 Å². The van der Waals surface area contributed by atoms with Crippen LogP contribution in [0.1, 0.15) is 79.1 Å². The van der Waals surface area contributed by atoms with E-state index in [0.717, 1.165) is 4.13 Å². The molecule has 20 heavy (non-hydrogen) atoms. The summed E-state index contributed by atoms with van der Waals surface area (Å²) in [5, 5.41) is 0. The van der Waals surface area contributed by atoms with Crippen molar-refractivity contribution in [3.63, 3.8) is 0 Å². The molecule has 0 spiro atoms. The summed E-state index contributed by atoms with van der Waals surface area (Å²) < 4.78 is 18.8. The van der Waals surface area contributed by atoms with Crippen LogP contribution in [0.4, 0.5) is 0 Å². The van der Waals surface area contributed by atoms with Crippen molar-refractivity contribution >= 4 is 0 Å². The zero-order chi connectivity index (χ0) is 15.1. The van der Waals surface area contributed by atoms with Gasteiger partial charge < -0.3 is 0 Å². The second-order valence-corrected chi connectivity index (χ2v) is 11.9. The molecule has 0 N–H and O–H groups in total. The van der Waals surface area contributed by atoms with Crippen LogP contribution in [0.2, 0.25) is 4.13 Å². The maximum atomic E-state index is 5.94. The Kier molecular flexibility index (Phi) is 15.3. The van der Waals surface area contributed by atoms with E-state index in [4.69, 9.17) is 8.44 Å². The molecule has 0 aliphatic carbocycles. The van der Waals surface area contributed by atoms with Crippen LogP contribution >= 0.6 is 0 Å². The predicted molar refractivity (Wildman–Crippen MR) is 82.3 cm³/mol. The van der Waals surface area contributed by atoms with E-state index in [-0.39, 0.29) is 0 Å². The summed E-state index contributed by atoms with van der Waals surface area (Å²) >= 11 is -3.18. The zero-order valence-corrected chi connectivity index (χ0v) is 16.7. The van der Waals surface area contributed by atoms with Crippen molar-refractivity contribution < 1.29 is 30.0 Å². The summed E-state index contributed by atoms with van der Waals surface area (Å²) in [5.41, 5.74) is 0. The van der Waals surface area contributed by atoms with Crippen LogP contribution in [-0.4, -0.2) is 19.8 Å². The Morgan fingerprint density at radius 2 is 0.950 bits per heavy atom. The number of hydrogen-bond acceptors (Lipinski definition) is 3. The topological polar surface area (TPSA) is 27.7 Å². The summed E-state index contributed by atoms with van der Waals surface area (Å²) in [5.74, 6) is 0. The molecule has 0 bridgehead atoms. The summed E-state index contributed by atoms with van der Waals surface area (Å²) in [4.78, 5) is 0. The molecular weight excluding hydrogens is 331 g/mol. The van der Waals surface area contributed by atoms with Gasteiger partial charge in [0.05, 0.1) is 0 Å². The molecule has 0 radical (unpaired) electrons. The molecule has 0 aliphatic heterocycles. The molecule has 0 unspecified atom stereocenters. The van der Waals surface area contributed by atoms with Gasteiger partial charge in [0.15, 0.2) is 0 Å². The molecule has 0 atom stereocenters. The molecule has 4 heteroatoms.